The molecule has 1 aromatic rings. The number of hydroxylamine groups is 2. The molecule has 27 heavy (non-hydrogen) atoms. The maximum Gasteiger partial charge on any atom is 0.411 e. The topological polar surface area (TPSA) is 93.2 Å². The Morgan fingerprint density at radius 3 is 2.22 bits per heavy atom. The highest BCUT2D eigenvalue weighted by molar-refractivity contribution is 6.02. The zero-order valence-corrected chi connectivity index (χ0v) is 15.6. The van der Waals surface area contributed by atoms with Gasteiger partial charge in [-0.1, -0.05) is 24.3 Å². The first kappa shape index (κ1) is 18.9. The van der Waals surface area contributed by atoms with E-state index in [4.69, 9.17) is 9.57 Å². The van der Waals surface area contributed by atoms with Gasteiger partial charge in [-0.05, 0) is 31.9 Å². The minimum Gasteiger partial charge on any atom is -0.444 e. The normalized spacial score (nSPS) is 19.7. The first-order chi connectivity index (χ1) is 12.7. The molecule has 8 heteroatoms. The van der Waals surface area contributed by atoms with Gasteiger partial charge in [-0.2, -0.15) is 0 Å². The number of benzene rings is 1. The van der Waals surface area contributed by atoms with Gasteiger partial charge >= 0.3 is 12.1 Å². The molecule has 0 N–H and O–H groups in total. The van der Waals surface area contributed by atoms with Gasteiger partial charge in [0.1, 0.15) is 11.6 Å². The fourth-order valence-corrected chi connectivity index (χ4v) is 3.05. The minimum absolute atomic E-state index is 0.00932. The van der Waals surface area contributed by atoms with Gasteiger partial charge < -0.3 is 9.57 Å². The first-order valence-corrected chi connectivity index (χ1v) is 8.80. The van der Waals surface area contributed by atoms with Crippen molar-refractivity contribution >= 4 is 23.9 Å². The molecule has 8 nitrogen and oxygen atoms in total. The van der Waals surface area contributed by atoms with Gasteiger partial charge in [-0.25, -0.2) is 9.59 Å². The van der Waals surface area contributed by atoms with Crippen LogP contribution >= 0.6 is 0 Å². The molecule has 2 aliphatic heterocycles. The summed E-state index contributed by atoms with van der Waals surface area (Å²) in [6, 6.07) is 6.45. The lowest BCUT2D eigenvalue weighted by Crippen LogP contribution is -2.52. The highest BCUT2D eigenvalue weighted by Gasteiger charge is 2.41. The second kappa shape index (κ2) is 7.02. The summed E-state index contributed by atoms with van der Waals surface area (Å²) in [7, 11) is 0. The van der Waals surface area contributed by atoms with Crippen molar-refractivity contribution in [1.29, 1.82) is 0 Å². The average molecular weight is 374 g/mol. The Bertz CT molecular complexity index is 782. The van der Waals surface area contributed by atoms with E-state index in [1.807, 2.05) is 24.3 Å². The zero-order chi connectivity index (χ0) is 19.8. The summed E-state index contributed by atoms with van der Waals surface area (Å²) in [5.41, 5.74) is 1.07. The summed E-state index contributed by atoms with van der Waals surface area (Å²) in [5, 5.41) is 0.496. The van der Waals surface area contributed by atoms with E-state index in [0.29, 0.717) is 5.06 Å². The molecule has 1 aromatic carbocycles. The molecule has 2 heterocycles. The summed E-state index contributed by atoms with van der Waals surface area (Å²) >= 11 is 0. The van der Waals surface area contributed by atoms with Crippen LogP contribution in [0.3, 0.4) is 0 Å². The van der Waals surface area contributed by atoms with Crippen molar-refractivity contribution in [3.8, 4) is 0 Å². The molecule has 0 spiro atoms. The Labute approximate surface area is 157 Å². The lowest BCUT2D eigenvalue weighted by molar-refractivity contribution is -0.201. The molecule has 0 radical (unpaired) electrons. The largest absolute Gasteiger partial charge is 0.444 e. The van der Waals surface area contributed by atoms with Crippen molar-refractivity contribution in [2.75, 3.05) is 0 Å². The van der Waals surface area contributed by atoms with Crippen molar-refractivity contribution in [1.82, 2.24) is 9.96 Å². The molecule has 3 rings (SSSR count). The number of amides is 3. The summed E-state index contributed by atoms with van der Waals surface area (Å²) in [6.07, 6.45) is -0.423. The third-order valence-corrected chi connectivity index (χ3v) is 4.34. The fourth-order valence-electron chi connectivity index (χ4n) is 3.05. The van der Waals surface area contributed by atoms with Crippen LogP contribution in [0, 0.1) is 0 Å². The first-order valence-electron chi connectivity index (χ1n) is 8.80. The summed E-state index contributed by atoms with van der Waals surface area (Å²) < 4.78 is 5.42. The highest BCUT2D eigenvalue weighted by atomic mass is 16.7. The van der Waals surface area contributed by atoms with E-state index < -0.39 is 35.5 Å². The summed E-state index contributed by atoms with van der Waals surface area (Å²) in [5.74, 6) is -1.96. The maximum absolute atomic E-state index is 12.7. The van der Waals surface area contributed by atoms with Crippen molar-refractivity contribution < 1.29 is 28.8 Å². The molecule has 1 fully saturated rings. The average Bonchev–Trinajstić information content (AvgIpc) is 2.91. The molecule has 2 aliphatic rings. The van der Waals surface area contributed by atoms with E-state index in [2.05, 4.69) is 0 Å². The van der Waals surface area contributed by atoms with Crippen LogP contribution in [0.1, 0.15) is 44.7 Å². The SMILES string of the molecule is CC(C)(C)OC(=O)N1Cc2ccccc2C[C@@H]1C(=O)ON1C(=O)CCC1=O. The van der Waals surface area contributed by atoms with E-state index in [1.54, 1.807) is 20.8 Å². The number of rotatable bonds is 2. The van der Waals surface area contributed by atoms with Crippen LogP contribution in [0.2, 0.25) is 0 Å². The fraction of sp³-hybridized carbons (Fsp3) is 0.474. The van der Waals surface area contributed by atoms with Crippen LogP contribution in [0.5, 0.6) is 0 Å². The highest BCUT2D eigenvalue weighted by Crippen LogP contribution is 2.26. The molecule has 1 saturated heterocycles. The molecule has 1 atom stereocenters. The van der Waals surface area contributed by atoms with Crippen molar-refractivity contribution in [3.05, 3.63) is 35.4 Å². The molecule has 0 bridgehead atoms. The van der Waals surface area contributed by atoms with Gasteiger partial charge in [0.15, 0.2) is 0 Å². The molecule has 144 valence electrons. The van der Waals surface area contributed by atoms with Crippen LogP contribution in [0.25, 0.3) is 0 Å². The Morgan fingerprint density at radius 2 is 1.63 bits per heavy atom. The molecule has 0 saturated carbocycles. The minimum atomic E-state index is -0.990. The van der Waals surface area contributed by atoms with Gasteiger partial charge in [0.05, 0.1) is 6.54 Å². The lowest BCUT2D eigenvalue weighted by atomic mass is 9.94. The molecular formula is C19H22N2O6. The van der Waals surface area contributed by atoms with E-state index in [0.717, 1.165) is 11.1 Å². The monoisotopic (exact) mass is 374 g/mol. The van der Waals surface area contributed by atoms with E-state index >= 15 is 0 Å². The van der Waals surface area contributed by atoms with Crippen LogP contribution in [-0.4, -0.2) is 45.5 Å². The molecule has 0 unspecified atom stereocenters. The quantitative estimate of drug-likeness (QED) is 0.735. The second-order valence-electron chi connectivity index (χ2n) is 7.59. The Morgan fingerprint density at radius 1 is 1.04 bits per heavy atom. The van der Waals surface area contributed by atoms with E-state index in [1.165, 1.54) is 4.90 Å². The zero-order valence-electron chi connectivity index (χ0n) is 15.6. The van der Waals surface area contributed by atoms with Crippen LogP contribution in [0.4, 0.5) is 4.79 Å². The number of ether oxygens (including phenoxy) is 1. The molecule has 0 aliphatic carbocycles. The van der Waals surface area contributed by atoms with Crippen molar-refractivity contribution in [2.24, 2.45) is 0 Å². The van der Waals surface area contributed by atoms with Crippen LogP contribution < -0.4 is 0 Å². The van der Waals surface area contributed by atoms with Gasteiger partial charge in [0, 0.05) is 19.3 Å². The standard InChI is InChI=1S/C19H22N2O6/c1-19(2,3)26-18(25)20-11-13-7-5-4-6-12(13)10-14(20)17(24)27-21-15(22)8-9-16(21)23/h4-7,14H,8-11H2,1-3H3/t14-/m1/s1. The van der Waals surface area contributed by atoms with Crippen molar-refractivity contribution in [3.63, 3.8) is 0 Å². The Kier molecular flexibility index (Phi) is 4.91. The van der Waals surface area contributed by atoms with Gasteiger partial charge in [-0.3, -0.25) is 14.5 Å². The molecule has 0 aromatic heterocycles. The number of hydrogen-bond donors (Lipinski definition) is 0. The predicted molar refractivity (Wildman–Crippen MR) is 92.9 cm³/mol. The summed E-state index contributed by atoms with van der Waals surface area (Å²) in [6.45, 7) is 5.37. The maximum atomic E-state index is 12.7. The Balaban J connectivity index is 1.84. The van der Waals surface area contributed by atoms with Gasteiger partial charge in [0.2, 0.25) is 0 Å². The van der Waals surface area contributed by atoms with Gasteiger partial charge in [-0.15, -0.1) is 5.06 Å². The Hall–Kier alpha value is -2.90. The van der Waals surface area contributed by atoms with E-state index in [9.17, 15) is 19.2 Å². The number of hydrogen-bond acceptors (Lipinski definition) is 6. The van der Waals surface area contributed by atoms with Crippen molar-refractivity contribution in [2.45, 2.75) is 58.2 Å². The lowest BCUT2D eigenvalue weighted by Gasteiger charge is -2.36. The number of fused-ring (bicyclic) bond motifs is 1. The third-order valence-electron chi connectivity index (χ3n) is 4.34. The number of carbonyl (C=O) groups excluding carboxylic acids is 4. The number of imide groups is 1. The number of carbonyl (C=O) groups is 4. The predicted octanol–water partition coefficient (Wildman–Crippen LogP) is 1.96. The van der Waals surface area contributed by atoms with Gasteiger partial charge in [0.25, 0.3) is 11.8 Å². The molecule has 3 amide bonds. The van der Waals surface area contributed by atoms with E-state index in [-0.39, 0.29) is 25.8 Å². The van der Waals surface area contributed by atoms with Crippen LogP contribution in [0.15, 0.2) is 24.3 Å². The number of nitrogens with zero attached hydrogens (tertiary/aromatic N) is 2. The second-order valence-corrected chi connectivity index (χ2v) is 7.59. The third kappa shape index (κ3) is 4.10. The summed E-state index contributed by atoms with van der Waals surface area (Å²) in [4.78, 5) is 55.1. The van der Waals surface area contributed by atoms with Crippen LogP contribution in [-0.2, 0) is 36.9 Å². The smallest absolute Gasteiger partial charge is 0.411 e. The molecular weight excluding hydrogens is 352 g/mol.